The Bertz CT molecular complexity index is 438. The van der Waals surface area contributed by atoms with Gasteiger partial charge >= 0.3 is 0 Å². The van der Waals surface area contributed by atoms with Crippen LogP contribution in [0.3, 0.4) is 0 Å². The Morgan fingerprint density at radius 1 is 1.00 bits per heavy atom. The van der Waals surface area contributed by atoms with Gasteiger partial charge in [0, 0.05) is 0 Å². The molecule has 1 N–H and O–H groups in total. The van der Waals surface area contributed by atoms with Crippen LogP contribution in [0.25, 0.3) is 0 Å². The molecular weight excluding hydrogens is 232 g/mol. The van der Waals surface area contributed by atoms with Gasteiger partial charge in [-0.05, 0) is 68.4 Å². The second-order valence-electron chi connectivity index (χ2n) is 6.19. The minimum atomic E-state index is -0.480. The highest BCUT2D eigenvalue weighted by Crippen LogP contribution is 2.43. The Hall–Kier alpha value is -1.08. The number of rotatable bonds is 2. The van der Waals surface area contributed by atoms with E-state index in [1.807, 2.05) is 0 Å². The number of benzene rings is 1. The largest absolute Gasteiger partial charge is 0.386 e. The standard InChI is InChI=1S/C18H24O/c19-18(17-9-5-2-6-10-17)13-11-16(12-14-18)15-7-3-1-4-8-15/h1,3-4,7-9,16,19H,2,5-6,10-14H2. The van der Waals surface area contributed by atoms with Gasteiger partial charge in [-0.2, -0.15) is 0 Å². The normalized spacial score (nSPS) is 31.8. The van der Waals surface area contributed by atoms with E-state index in [0.29, 0.717) is 5.92 Å². The van der Waals surface area contributed by atoms with Crippen molar-refractivity contribution in [3.05, 3.63) is 47.5 Å². The minimum Gasteiger partial charge on any atom is -0.386 e. The lowest BCUT2D eigenvalue weighted by molar-refractivity contribution is 0.0294. The lowest BCUT2D eigenvalue weighted by atomic mass is 9.71. The van der Waals surface area contributed by atoms with E-state index in [0.717, 1.165) is 32.1 Å². The van der Waals surface area contributed by atoms with Crippen molar-refractivity contribution in [2.75, 3.05) is 0 Å². The van der Waals surface area contributed by atoms with Gasteiger partial charge in [-0.3, -0.25) is 0 Å². The van der Waals surface area contributed by atoms with Crippen molar-refractivity contribution < 1.29 is 5.11 Å². The van der Waals surface area contributed by atoms with Crippen LogP contribution in [-0.2, 0) is 0 Å². The molecule has 102 valence electrons. The molecule has 1 aromatic carbocycles. The molecule has 1 aromatic rings. The molecule has 19 heavy (non-hydrogen) atoms. The van der Waals surface area contributed by atoms with Crippen LogP contribution in [0.4, 0.5) is 0 Å². The molecule has 3 rings (SSSR count). The van der Waals surface area contributed by atoms with Gasteiger partial charge in [0.15, 0.2) is 0 Å². The third-order valence-electron chi connectivity index (χ3n) is 4.97. The summed E-state index contributed by atoms with van der Waals surface area (Å²) in [6, 6.07) is 10.8. The van der Waals surface area contributed by atoms with Gasteiger partial charge in [-0.15, -0.1) is 0 Å². The topological polar surface area (TPSA) is 20.2 Å². The highest BCUT2D eigenvalue weighted by atomic mass is 16.3. The van der Waals surface area contributed by atoms with E-state index in [1.165, 1.54) is 30.4 Å². The zero-order valence-electron chi connectivity index (χ0n) is 11.6. The van der Waals surface area contributed by atoms with Gasteiger partial charge in [0.1, 0.15) is 0 Å². The lowest BCUT2D eigenvalue weighted by Gasteiger charge is -2.39. The number of hydrogen-bond donors (Lipinski definition) is 1. The van der Waals surface area contributed by atoms with Crippen LogP contribution in [0, 0.1) is 0 Å². The maximum absolute atomic E-state index is 10.9. The Morgan fingerprint density at radius 2 is 1.74 bits per heavy atom. The average molecular weight is 256 g/mol. The molecule has 0 amide bonds. The fourth-order valence-corrected chi connectivity index (χ4v) is 3.74. The van der Waals surface area contributed by atoms with E-state index >= 15 is 0 Å². The second kappa shape index (κ2) is 5.50. The Kier molecular flexibility index (Phi) is 3.74. The molecule has 2 aliphatic carbocycles. The molecule has 1 heteroatoms. The molecule has 1 fully saturated rings. The number of hydrogen-bond acceptors (Lipinski definition) is 1. The molecule has 2 aliphatic rings. The zero-order chi connectivity index (χ0) is 13.1. The van der Waals surface area contributed by atoms with Crippen molar-refractivity contribution >= 4 is 0 Å². The third kappa shape index (κ3) is 2.76. The lowest BCUT2D eigenvalue weighted by Crippen LogP contribution is -2.36. The number of aliphatic hydroxyl groups is 1. The van der Waals surface area contributed by atoms with Gasteiger partial charge in [0.05, 0.1) is 5.60 Å². The van der Waals surface area contributed by atoms with E-state index < -0.39 is 5.60 Å². The van der Waals surface area contributed by atoms with Crippen molar-refractivity contribution in [3.63, 3.8) is 0 Å². The van der Waals surface area contributed by atoms with Crippen molar-refractivity contribution in [1.29, 1.82) is 0 Å². The summed E-state index contributed by atoms with van der Waals surface area (Å²) in [4.78, 5) is 0. The van der Waals surface area contributed by atoms with Gasteiger partial charge < -0.3 is 5.11 Å². The van der Waals surface area contributed by atoms with Crippen LogP contribution < -0.4 is 0 Å². The molecule has 0 unspecified atom stereocenters. The summed E-state index contributed by atoms with van der Waals surface area (Å²) >= 11 is 0. The average Bonchev–Trinajstić information content (AvgIpc) is 2.50. The first-order valence-corrected chi connectivity index (χ1v) is 7.75. The summed E-state index contributed by atoms with van der Waals surface area (Å²) in [7, 11) is 0. The summed E-state index contributed by atoms with van der Waals surface area (Å²) in [6.07, 6.45) is 11.3. The Labute approximate surface area is 116 Å². The first kappa shape index (κ1) is 12.9. The molecule has 0 aromatic heterocycles. The van der Waals surface area contributed by atoms with E-state index in [4.69, 9.17) is 0 Å². The zero-order valence-corrected chi connectivity index (χ0v) is 11.6. The molecule has 1 nitrogen and oxygen atoms in total. The fraction of sp³-hybridized carbons (Fsp3) is 0.556. The monoisotopic (exact) mass is 256 g/mol. The van der Waals surface area contributed by atoms with E-state index in [-0.39, 0.29) is 0 Å². The van der Waals surface area contributed by atoms with Gasteiger partial charge in [-0.1, -0.05) is 36.4 Å². The quantitative estimate of drug-likeness (QED) is 0.768. The molecule has 0 bridgehead atoms. The van der Waals surface area contributed by atoms with Crippen molar-refractivity contribution in [2.24, 2.45) is 0 Å². The predicted molar refractivity (Wildman–Crippen MR) is 79.2 cm³/mol. The van der Waals surface area contributed by atoms with Crippen LogP contribution in [0.2, 0.25) is 0 Å². The molecule has 0 aliphatic heterocycles. The fourth-order valence-electron chi connectivity index (χ4n) is 3.74. The van der Waals surface area contributed by atoms with E-state index in [9.17, 15) is 5.11 Å². The molecular formula is C18H24O. The van der Waals surface area contributed by atoms with Crippen LogP contribution in [0.5, 0.6) is 0 Å². The van der Waals surface area contributed by atoms with E-state index in [1.54, 1.807) is 0 Å². The van der Waals surface area contributed by atoms with Crippen LogP contribution >= 0.6 is 0 Å². The van der Waals surface area contributed by atoms with Gasteiger partial charge in [0.2, 0.25) is 0 Å². The third-order valence-corrected chi connectivity index (χ3v) is 4.97. The molecule has 1 saturated carbocycles. The summed E-state index contributed by atoms with van der Waals surface area (Å²) in [5, 5.41) is 10.9. The second-order valence-corrected chi connectivity index (χ2v) is 6.19. The van der Waals surface area contributed by atoms with Gasteiger partial charge in [-0.25, -0.2) is 0 Å². The molecule has 0 saturated heterocycles. The van der Waals surface area contributed by atoms with Gasteiger partial charge in [0.25, 0.3) is 0 Å². The highest BCUT2D eigenvalue weighted by Gasteiger charge is 2.36. The van der Waals surface area contributed by atoms with Crippen molar-refractivity contribution in [2.45, 2.75) is 62.9 Å². The maximum Gasteiger partial charge on any atom is 0.0857 e. The molecule has 0 heterocycles. The highest BCUT2D eigenvalue weighted by molar-refractivity contribution is 5.24. The Morgan fingerprint density at radius 3 is 2.37 bits per heavy atom. The summed E-state index contributed by atoms with van der Waals surface area (Å²) in [5.74, 6) is 0.644. The van der Waals surface area contributed by atoms with Crippen molar-refractivity contribution in [1.82, 2.24) is 0 Å². The first-order chi connectivity index (χ1) is 9.28. The minimum absolute atomic E-state index is 0.480. The van der Waals surface area contributed by atoms with Crippen LogP contribution in [-0.4, -0.2) is 10.7 Å². The van der Waals surface area contributed by atoms with Crippen molar-refractivity contribution in [3.8, 4) is 0 Å². The summed E-state index contributed by atoms with van der Waals surface area (Å²) in [5.41, 5.74) is 2.30. The number of allylic oxidation sites excluding steroid dienone is 1. The molecule has 0 spiro atoms. The molecule has 0 atom stereocenters. The Balaban J connectivity index is 1.67. The van der Waals surface area contributed by atoms with E-state index in [2.05, 4.69) is 36.4 Å². The first-order valence-electron chi connectivity index (χ1n) is 7.75. The maximum atomic E-state index is 10.9. The molecule has 0 radical (unpaired) electrons. The summed E-state index contributed by atoms with van der Waals surface area (Å²) in [6.45, 7) is 0. The SMILES string of the molecule is OC1(C2=CCCCC2)CCC(c2ccccc2)CC1. The van der Waals surface area contributed by atoms with Crippen LogP contribution in [0.15, 0.2) is 42.0 Å². The smallest absolute Gasteiger partial charge is 0.0857 e. The predicted octanol–water partition coefficient (Wildman–Crippen LogP) is 4.58. The summed E-state index contributed by atoms with van der Waals surface area (Å²) < 4.78 is 0. The van der Waals surface area contributed by atoms with Crippen LogP contribution in [0.1, 0.15) is 62.8 Å².